The quantitative estimate of drug-likeness (QED) is 0.799. The molecule has 0 bridgehead atoms. The first-order valence-corrected chi connectivity index (χ1v) is 6.09. The molecule has 86 valence electrons. The van der Waals surface area contributed by atoms with Crippen molar-refractivity contribution in [2.45, 2.75) is 6.42 Å². The number of rotatable bonds is 1. The summed E-state index contributed by atoms with van der Waals surface area (Å²) < 4.78 is 5.43. The van der Waals surface area contributed by atoms with Crippen LogP contribution in [-0.2, 0) is 6.42 Å². The summed E-state index contributed by atoms with van der Waals surface area (Å²) in [6, 6.07) is 5.92. The van der Waals surface area contributed by atoms with Gasteiger partial charge < -0.3 is 10.1 Å². The van der Waals surface area contributed by atoms with Crippen LogP contribution in [0.15, 0.2) is 23.1 Å². The van der Waals surface area contributed by atoms with Crippen molar-refractivity contribution in [1.82, 2.24) is 5.32 Å². The van der Waals surface area contributed by atoms with Crippen molar-refractivity contribution < 1.29 is 9.53 Å². The summed E-state index contributed by atoms with van der Waals surface area (Å²) >= 11 is 1.06. The van der Waals surface area contributed by atoms with Crippen molar-refractivity contribution >= 4 is 28.9 Å². The summed E-state index contributed by atoms with van der Waals surface area (Å²) in [7, 11) is 0. The number of amides is 1. The van der Waals surface area contributed by atoms with Gasteiger partial charge in [0.25, 0.3) is 5.24 Å². The van der Waals surface area contributed by atoms with Gasteiger partial charge in [-0.1, -0.05) is 6.07 Å². The molecule has 2 heterocycles. The Labute approximate surface area is 103 Å². The average Bonchev–Trinajstić information content (AvgIpc) is 2.85. The number of nitrogens with one attached hydrogen (secondary N) is 2. The minimum absolute atomic E-state index is 0.178. The molecule has 3 rings (SSSR count). The van der Waals surface area contributed by atoms with Crippen LogP contribution in [0.5, 0.6) is 5.75 Å². The van der Waals surface area contributed by atoms with E-state index in [2.05, 4.69) is 5.32 Å². The molecule has 1 fully saturated rings. The van der Waals surface area contributed by atoms with Gasteiger partial charge in [-0.2, -0.15) is 0 Å². The number of ether oxygens (including phenoxy) is 1. The lowest BCUT2D eigenvalue weighted by Gasteiger charge is -2.00. The Balaban J connectivity index is 1.93. The molecule has 5 heteroatoms. The first-order chi connectivity index (χ1) is 8.22. The van der Waals surface area contributed by atoms with Gasteiger partial charge in [0.2, 0.25) is 0 Å². The highest BCUT2D eigenvalue weighted by atomic mass is 32.2. The van der Waals surface area contributed by atoms with Gasteiger partial charge in [0, 0.05) is 6.42 Å². The average molecular weight is 246 g/mol. The standard InChI is InChI=1S/C12H10N2O2S/c13-11-10(17-12(15)14-11)6-7-1-2-9-8(5-7)3-4-16-9/h1-2,5-6H,3-4H2,(H2,13,14,15)/b10-6-. The number of hydrogen-bond donors (Lipinski definition) is 2. The molecule has 2 aliphatic heterocycles. The maximum absolute atomic E-state index is 11.1. The minimum atomic E-state index is -0.189. The van der Waals surface area contributed by atoms with Crippen molar-refractivity contribution in [3.05, 3.63) is 34.2 Å². The molecule has 0 aliphatic carbocycles. The molecule has 0 spiro atoms. The molecule has 0 radical (unpaired) electrons. The monoisotopic (exact) mass is 246 g/mol. The van der Waals surface area contributed by atoms with E-state index in [1.54, 1.807) is 0 Å². The molecule has 1 amide bonds. The lowest BCUT2D eigenvalue weighted by Crippen LogP contribution is -2.17. The van der Waals surface area contributed by atoms with Crippen LogP contribution in [0.2, 0.25) is 0 Å². The summed E-state index contributed by atoms with van der Waals surface area (Å²) in [5.74, 6) is 1.12. The van der Waals surface area contributed by atoms with Crippen LogP contribution in [0, 0.1) is 5.41 Å². The van der Waals surface area contributed by atoms with Gasteiger partial charge >= 0.3 is 0 Å². The molecule has 1 aromatic carbocycles. The Bertz CT molecular complexity index is 551. The van der Waals surface area contributed by atoms with Gasteiger partial charge in [0.05, 0.1) is 11.5 Å². The lowest BCUT2D eigenvalue weighted by molar-refractivity contribution is 0.265. The van der Waals surface area contributed by atoms with E-state index in [-0.39, 0.29) is 11.1 Å². The van der Waals surface area contributed by atoms with Crippen LogP contribution in [0.25, 0.3) is 6.08 Å². The first kappa shape index (κ1) is 10.4. The van der Waals surface area contributed by atoms with E-state index in [9.17, 15) is 4.79 Å². The van der Waals surface area contributed by atoms with Crippen LogP contribution in [0.3, 0.4) is 0 Å². The fourth-order valence-corrected chi connectivity index (χ4v) is 2.59. The van der Waals surface area contributed by atoms with E-state index >= 15 is 0 Å². The molecule has 2 aliphatic rings. The van der Waals surface area contributed by atoms with Gasteiger partial charge in [0.1, 0.15) is 11.6 Å². The van der Waals surface area contributed by atoms with Gasteiger partial charge in [0.15, 0.2) is 0 Å². The third kappa shape index (κ3) is 1.93. The van der Waals surface area contributed by atoms with E-state index < -0.39 is 0 Å². The summed E-state index contributed by atoms with van der Waals surface area (Å²) in [5, 5.41) is 9.86. The predicted octanol–water partition coefficient (Wildman–Crippen LogP) is 2.40. The number of carbonyl (C=O) groups excluding carboxylic acids is 1. The molecular formula is C12H10N2O2S. The minimum Gasteiger partial charge on any atom is -0.493 e. The van der Waals surface area contributed by atoms with Crippen molar-refractivity contribution in [1.29, 1.82) is 5.41 Å². The Hall–Kier alpha value is -1.75. The molecule has 0 atom stereocenters. The van der Waals surface area contributed by atoms with E-state index in [1.165, 1.54) is 5.56 Å². The summed E-state index contributed by atoms with van der Waals surface area (Å²) in [6.07, 6.45) is 2.78. The smallest absolute Gasteiger partial charge is 0.289 e. The number of fused-ring (bicyclic) bond motifs is 1. The maximum Gasteiger partial charge on any atom is 0.289 e. The van der Waals surface area contributed by atoms with E-state index in [4.69, 9.17) is 10.1 Å². The van der Waals surface area contributed by atoms with Crippen LogP contribution < -0.4 is 10.1 Å². The largest absolute Gasteiger partial charge is 0.493 e. The van der Waals surface area contributed by atoms with Crippen LogP contribution >= 0.6 is 11.8 Å². The normalized spacial score (nSPS) is 20.4. The zero-order chi connectivity index (χ0) is 11.8. The van der Waals surface area contributed by atoms with Gasteiger partial charge in [-0.25, -0.2) is 0 Å². The van der Waals surface area contributed by atoms with E-state index in [1.807, 2.05) is 24.3 Å². The highest BCUT2D eigenvalue weighted by Crippen LogP contribution is 2.29. The SMILES string of the molecule is N=C1NC(=O)S/C1=C\c1ccc2c(c1)CCO2. The highest BCUT2D eigenvalue weighted by molar-refractivity contribution is 8.18. The number of hydrogen-bond acceptors (Lipinski definition) is 4. The fourth-order valence-electron chi connectivity index (χ4n) is 1.89. The summed E-state index contributed by atoms with van der Waals surface area (Å²) in [5.41, 5.74) is 2.19. The fraction of sp³-hybridized carbons (Fsp3) is 0.167. The topological polar surface area (TPSA) is 62.2 Å². The van der Waals surface area contributed by atoms with Crippen LogP contribution in [0.1, 0.15) is 11.1 Å². The molecule has 0 aromatic heterocycles. The van der Waals surface area contributed by atoms with Crippen molar-refractivity contribution in [2.75, 3.05) is 6.61 Å². The Morgan fingerprint density at radius 2 is 2.35 bits per heavy atom. The highest BCUT2D eigenvalue weighted by Gasteiger charge is 2.21. The lowest BCUT2D eigenvalue weighted by atomic mass is 10.1. The third-order valence-corrected chi connectivity index (χ3v) is 3.52. The van der Waals surface area contributed by atoms with Crippen molar-refractivity contribution in [2.24, 2.45) is 0 Å². The van der Waals surface area contributed by atoms with E-state index in [0.29, 0.717) is 4.91 Å². The molecule has 0 saturated carbocycles. The number of benzene rings is 1. The first-order valence-electron chi connectivity index (χ1n) is 5.27. The number of amidine groups is 1. The molecule has 17 heavy (non-hydrogen) atoms. The zero-order valence-electron chi connectivity index (χ0n) is 8.95. The molecular weight excluding hydrogens is 236 g/mol. The van der Waals surface area contributed by atoms with E-state index in [0.717, 1.165) is 36.1 Å². The second-order valence-corrected chi connectivity index (χ2v) is 4.88. The molecule has 2 N–H and O–H groups in total. The second-order valence-electron chi connectivity index (χ2n) is 3.86. The predicted molar refractivity (Wildman–Crippen MR) is 67.5 cm³/mol. The van der Waals surface area contributed by atoms with Gasteiger partial charge in [-0.05, 0) is 41.1 Å². The van der Waals surface area contributed by atoms with Crippen LogP contribution in [-0.4, -0.2) is 17.7 Å². The Kier molecular flexibility index (Phi) is 2.40. The van der Waals surface area contributed by atoms with Crippen LogP contribution in [0.4, 0.5) is 4.79 Å². The molecule has 0 unspecified atom stereocenters. The zero-order valence-corrected chi connectivity index (χ0v) is 9.76. The van der Waals surface area contributed by atoms with Crippen molar-refractivity contribution in [3.63, 3.8) is 0 Å². The van der Waals surface area contributed by atoms with Crippen molar-refractivity contribution in [3.8, 4) is 5.75 Å². The Morgan fingerprint density at radius 3 is 3.12 bits per heavy atom. The van der Waals surface area contributed by atoms with Gasteiger partial charge in [-0.3, -0.25) is 10.2 Å². The second kappa shape index (κ2) is 3.92. The Morgan fingerprint density at radius 1 is 1.47 bits per heavy atom. The summed E-state index contributed by atoms with van der Waals surface area (Å²) in [4.78, 5) is 11.8. The van der Waals surface area contributed by atoms with Gasteiger partial charge in [-0.15, -0.1) is 0 Å². The number of thioether (sulfide) groups is 1. The molecule has 1 saturated heterocycles. The third-order valence-electron chi connectivity index (χ3n) is 2.69. The number of carbonyl (C=O) groups is 1. The molecule has 1 aromatic rings. The molecule has 4 nitrogen and oxygen atoms in total. The summed E-state index contributed by atoms with van der Waals surface area (Å²) in [6.45, 7) is 0.736. The maximum atomic E-state index is 11.1.